The van der Waals surface area contributed by atoms with Gasteiger partial charge in [-0.1, -0.05) is 25.6 Å². The lowest BCUT2D eigenvalue weighted by Gasteiger charge is -2.30. The van der Waals surface area contributed by atoms with Crippen LogP contribution < -0.4 is 5.32 Å². The van der Waals surface area contributed by atoms with E-state index in [1.807, 2.05) is 20.8 Å². The van der Waals surface area contributed by atoms with Crippen molar-refractivity contribution in [3.05, 3.63) is 6.33 Å². The van der Waals surface area contributed by atoms with Crippen LogP contribution in [0.25, 0.3) is 0 Å². The smallest absolute Gasteiger partial charge is 0.326 e. The monoisotopic (exact) mass is 286 g/mol. The molecule has 2 atom stereocenters. The second-order valence-corrected chi connectivity index (χ2v) is 5.93. The van der Waals surface area contributed by atoms with Gasteiger partial charge in [0.2, 0.25) is 0 Å². The van der Waals surface area contributed by atoms with E-state index in [0.717, 1.165) is 11.7 Å². The van der Waals surface area contributed by atoms with Crippen LogP contribution in [-0.2, 0) is 9.53 Å². The van der Waals surface area contributed by atoms with Gasteiger partial charge in [0.25, 0.3) is 0 Å². The van der Waals surface area contributed by atoms with Crippen molar-refractivity contribution in [1.29, 1.82) is 0 Å². The summed E-state index contributed by atoms with van der Waals surface area (Å²) < 4.78 is 5.15. The number of likely N-dealkylation sites (N-methyl/N-ethyl adjacent to an activating group) is 1. The molecule has 1 rings (SSSR count). The van der Waals surface area contributed by atoms with Gasteiger partial charge in [-0.15, -0.1) is 0 Å². The third-order valence-electron chi connectivity index (χ3n) is 2.69. The molecule has 19 heavy (non-hydrogen) atoms. The molecule has 2 unspecified atom stereocenters. The highest BCUT2D eigenvalue weighted by molar-refractivity contribution is 7.99. The van der Waals surface area contributed by atoms with Crippen LogP contribution in [0.2, 0.25) is 0 Å². The molecule has 6 nitrogen and oxygen atoms in total. The van der Waals surface area contributed by atoms with E-state index in [0.29, 0.717) is 13.0 Å². The Hall–Kier alpha value is -1.08. The molecular formula is C12H22N4O2S. The normalized spacial score (nSPS) is 15.8. The van der Waals surface area contributed by atoms with E-state index in [9.17, 15) is 4.79 Å². The molecule has 0 aliphatic rings. The Morgan fingerprint density at radius 2 is 2.37 bits per heavy atom. The number of carbonyl (C=O) groups is 1. The summed E-state index contributed by atoms with van der Waals surface area (Å²) in [5, 5.41) is 10.8. The van der Waals surface area contributed by atoms with Gasteiger partial charge in [-0.2, -0.15) is 5.10 Å². The molecule has 1 aromatic rings. The Balaban J connectivity index is 2.63. The number of carbonyl (C=O) groups excluding carboxylic acids is 1. The highest BCUT2D eigenvalue weighted by Gasteiger charge is 2.35. The molecule has 0 aliphatic heterocycles. The van der Waals surface area contributed by atoms with Gasteiger partial charge in [0, 0.05) is 5.25 Å². The van der Waals surface area contributed by atoms with Crippen LogP contribution in [0.3, 0.4) is 0 Å². The zero-order chi connectivity index (χ0) is 14.3. The van der Waals surface area contributed by atoms with Gasteiger partial charge in [-0.25, -0.2) is 4.98 Å². The fourth-order valence-electron chi connectivity index (χ4n) is 1.97. The van der Waals surface area contributed by atoms with E-state index in [2.05, 4.69) is 27.4 Å². The number of nitrogens with one attached hydrogen (secondary N) is 2. The molecule has 0 aromatic carbocycles. The summed E-state index contributed by atoms with van der Waals surface area (Å²) in [4.78, 5) is 16.1. The van der Waals surface area contributed by atoms with E-state index >= 15 is 0 Å². The molecular weight excluding hydrogens is 264 g/mol. The number of nitrogens with zero attached hydrogens (tertiary/aromatic N) is 2. The molecule has 0 saturated heterocycles. The van der Waals surface area contributed by atoms with Gasteiger partial charge in [0.1, 0.15) is 11.9 Å². The van der Waals surface area contributed by atoms with Crippen molar-refractivity contribution >= 4 is 17.7 Å². The Kier molecular flexibility index (Phi) is 6.30. The highest BCUT2D eigenvalue weighted by Crippen LogP contribution is 2.26. The van der Waals surface area contributed by atoms with Crippen molar-refractivity contribution < 1.29 is 9.53 Å². The van der Waals surface area contributed by atoms with Crippen molar-refractivity contribution in [2.24, 2.45) is 0 Å². The molecule has 0 spiro atoms. The van der Waals surface area contributed by atoms with Crippen molar-refractivity contribution in [2.45, 2.75) is 50.1 Å². The van der Waals surface area contributed by atoms with E-state index in [1.54, 1.807) is 11.8 Å². The Labute approximate surface area is 118 Å². The number of hydrogen-bond acceptors (Lipinski definition) is 6. The first kappa shape index (κ1) is 16.0. The van der Waals surface area contributed by atoms with Crippen molar-refractivity contribution in [2.75, 3.05) is 13.2 Å². The summed E-state index contributed by atoms with van der Waals surface area (Å²) in [6.07, 6.45) is 2.13. The molecule has 0 amide bonds. The molecule has 108 valence electrons. The van der Waals surface area contributed by atoms with Gasteiger partial charge in [-0.05, 0) is 26.8 Å². The summed E-state index contributed by atoms with van der Waals surface area (Å²) in [5.41, 5.74) is -0.669. The molecule has 7 heteroatoms. The Bertz CT molecular complexity index is 385. The van der Waals surface area contributed by atoms with Gasteiger partial charge >= 0.3 is 5.97 Å². The predicted octanol–water partition coefficient (Wildman–Crippen LogP) is 1.61. The molecule has 0 bridgehead atoms. The van der Waals surface area contributed by atoms with E-state index in [-0.39, 0.29) is 11.2 Å². The Morgan fingerprint density at radius 1 is 1.63 bits per heavy atom. The number of aromatic nitrogens is 3. The average Bonchev–Trinajstić information content (AvgIpc) is 2.82. The van der Waals surface area contributed by atoms with Gasteiger partial charge < -0.3 is 10.1 Å². The number of rotatable bonds is 8. The molecule has 0 fully saturated rings. The average molecular weight is 286 g/mol. The van der Waals surface area contributed by atoms with Gasteiger partial charge in [0.05, 0.1) is 6.61 Å². The summed E-state index contributed by atoms with van der Waals surface area (Å²) >= 11 is 1.56. The zero-order valence-corrected chi connectivity index (χ0v) is 12.7. The number of thioether (sulfide) groups is 1. The highest BCUT2D eigenvalue weighted by atomic mass is 32.2. The molecule has 0 saturated carbocycles. The van der Waals surface area contributed by atoms with Crippen LogP contribution in [0.15, 0.2) is 11.5 Å². The second kappa shape index (κ2) is 7.49. The van der Waals surface area contributed by atoms with Crippen LogP contribution in [0.4, 0.5) is 0 Å². The SMILES string of the molecule is CCNC(C)(CC(C)Sc1ncn[nH]1)C(=O)OCC. The fourth-order valence-corrected chi connectivity index (χ4v) is 2.98. The lowest BCUT2D eigenvalue weighted by molar-refractivity contribution is -0.150. The molecule has 0 radical (unpaired) electrons. The lowest BCUT2D eigenvalue weighted by Crippen LogP contribution is -2.51. The van der Waals surface area contributed by atoms with Crippen molar-refractivity contribution in [3.8, 4) is 0 Å². The maximum Gasteiger partial charge on any atom is 0.326 e. The number of esters is 1. The number of H-pyrrole nitrogens is 1. The molecule has 0 aliphatic carbocycles. The quantitative estimate of drug-likeness (QED) is 0.558. The summed E-state index contributed by atoms with van der Waals surface area (Å²) in [5.74, 6) is -0.207. The van der Waals surface area contributed by atoms with Crippen LogP contribution in [0.1, 0.15) is 34.1 Å². The van der Waals surface area contributed by atoms with Crippen molar-refractivity contribution in [3.63, 3.8) is 0 Å². The maximum absolute atomic E-state index is 12.1. The predicted molar refractivity (Wildman–Crippen MR) is 75.0 cm³/mol. The first-order valence-electron chi connectivity index (χ1n) is 6.46. The van der Waals surface area contributed by atoms with Crippen LogP contribution in [0.5, 0.6) is 0 Å². The minimum Gasteiger partial charge on any atom is -0.465 e. The molecule has 1 heterocycles. The molecule has 1 aromatic heterocycles. The van der Waals surface area contributed by atoms with Crippen LogP contribution >= 0.6 is 11.8 Å². The number of aromatic amines is 1. The topological polar surface area (TPSA) is 79.9 Å². The van der Waals surface area contributed by atoms with Crippen LogP contribution in [-0.4, -0.2) is 45.1 Å². The zero-order valence-electron chi connectivity index (χ0n) is 11.9. The summed E-state index contributed by atoms with van der Waals surface area (Å²) in [7, 11) is 0. The third-order valence-corrected chi connectivity index (χ3v) is 3.68. The minimum absolute atomic E-state index is 0.207. The number of ether oxygens (including phenoxy) is 1. The summed E-state index contributed by atoms with van der Waals surface area (Å²) in [6.45, 7) is 8.84. The molecule has 2 N–H and O–H groups in total. The van der Waals surface area contributed by atoms with Gasteiger partial charge in [-0.3, -0.25) is 9.89 Å². The van der Waals surface area contributed by atoms with E-state index in [4.69, 9.17) is 4.74 Å². The second-order valence-electron chi connectivity index (χ2n) is 4.51. The Morgan fingerprint density at radius 3 is 2.89 bits per heavy atom. The summed E-state index contributed by atoms with van der Waals surface area (Å²) in [6, 6.07) is 0. The van der Waals surface area contributed by atoms with Gasteiger partial charge in [0.15, 0.2) is 5.16 Å². The third kappa shape index (κ3) is 4.83. The first-order chi connectivity index (χ1) is 9.01. The lowest BCUT2D eigenvalue weighted by atomic mass is 9.96. The maximum atomic E-state index is 12.1. The van der Waals surface area contributed by atoms with Crippen LogP contribution in [0, 0.1) is 0 Å². The largest absolute Gasteiger partial charge is 0.465 e. The van der Waals surface area contributed by atoms with Crippen molar-refractivity contribution in [1.82, 2.24) is 20.5 Å². The standard InChI is InChI=1S/C12H22N4O2S/c1-5-14-12(4,10(17)18-6-2)7-9(3)19-11-13-8-15-16-11/h8-9,14H,5-7H2,1-4H3,(H,13,15,16). The van der Waals surface area contributed by atoms with E-state index in [1.165, 1.54) is 6.33 Å². The fraction of sp³-hybridized carbons (Fsp3) is 0.750. The van der Waals surface area contributed by atoms with E-state index < -0.39 is 5.54 Å². The minimum atomic E-state index is -0.669. The first-order valence-corrected chi connectivity index (χ1v) is 7.34. The number of hydrogen-bond donors (Lipinski definition) is 2.